The summed E-state index contributed by atoms with van der Waals surface area (Å²) < 4.78 is 5.56. The summed E-state index contributed by atoms with van der Waals surface area (Å²) in [6, 6.07) is 11.2. The number of morpholine rings is 1. The van der Waals surface area contributed by atoms with E-state index in [9.17, 15) is 9.59 Å². The van der Waals surface area contributed by atoms with Gasteiger partial charge < -0.3 is 20.4 Å². The Balaban J connectivity index is 1.50. The van der Waals surface area contributed by atoms with Crippen LogP contribution < -0.4 is 10.6 Å². The molecule has 0 spiro atoms. The van der Waals surface area contributed by atoms with Gasteiger partial charge in [0, 0.05) is 49.2 Å². The molecular weight excluding hydrogens is 460 g/mol. The van der Waals surface area contributed by atoms with Gasteiger partial charge in [-0.3, -0.25) is 14.5 Å². The number of amides is 2. The Labute approximate surface area is 211 Å². The van der Waals surface area contributed by atoms with Crippen LogP contribution in [0, 0.1) is 5.92 Å². The predicted molar refractivity (Wildman–Crippen MR) is 141 cm³/mol. The SMILES string of the molecule is CCC(CC)[C@@H](CNC(=O)[C@H](Cc1c[nH]c2ccccc12)NC(=O)c1cccs1)N1CCOCC1. The van der Waals surface area contributed by atoms with Gasteiger partial charge in [-0.15, -0.1) is 11.3 Å². The Kier molecular flexibility index (Phi) is 8.95. The minimum absolute atomic E-state index is 0.149. The number of aromatic amines is 1. The van der Waals surface area contributed by atoms with Crippen LogP contribution in [0.3, 0.4) is 0 Å². The van der Waals surface area contributed by atoms with E-state index < -0.39 is 6.04 Å². The van der Waals surface area contributed by atoms with Crippen molar-refractivity contribution in [1.29, 1.82) is 0 Å². The number of nitrogens with one attached hydrogen (secondary N) is 3. The summed E-state index contributed by atoms with van der Waals surface area (Å²) in [5, 5.41) is 9.13. The van der Waals surface area contributed by atoms with Crippen LogP contribution in [0.5, 0.6) is 0 Å². The summed E-state index contributed by atoms with van der Waals surface area (Å²) in [6.07, 6.45) is 4.47. The topological polar surface area (TPSA) is 86.5 Å². The third kappa shape index (κ3) is 6.31. The van der Waals surface area contributed by atoms with Crippen molar-refractivity contribution in [3.8, 4) is 0 Å². The molecule has 0 bridgehead atoms. The number of hydrogen-bond acceptors (Lipinski definition) is 5. The average molecular weight is 497 g/mol. The van der Waals surface area contributed by atoms with Crippen LogP contribution in [0.4, 0.5) is 0 Å². The van der Waals surface area contributed by atoms with E-state index in [1.165, 1.54) is 11.3 Å². The largest absolute Gasteiger partial charge is 0.379 e. The lowest BCUT2D eigenvalue weighted by molar-refractivity contribution is -0.123. The second-order valence-electron chi connectivity index (χ2n) is 9.10. The fraction of sp³-hybridized carbons (Fsp3) is 0.481. The van der Waals surface area contributed by atoms with Crippen LogP contribution in [-0.4, -0.2) is 66.6 Å². The number of fused-ring (bicyclic) bond motifs is 1. The lowest BCUT2D eigenvalue weighted by atomic mass is 9.92. The Morgan fingerprint density at radius 3 is 2.60 bits per heavy atom. The molecule has 3 N–H and O–H groups in total. The lowest BCUT2D eigenvalue weighted by Gasteiger charge is -2.39. The number of ether oxygens (including phenoxy) is 1. The van der Waals surface area contributed by atoms with Crippen molar-refractivity contribution in [2.45, 2.75) is 45.2 Å². The Hall–Kier alpha value is -2.68. The van der Waals surface area contributed by atoms with E-state index in [4.69, 9.17) is 4.74 Å². The number of benzene rings is 1. The van der Waals surface area contributed by atoms with Gasteiger partial charge in [0.05, 0.1) is 18.1 Å². The molecule has 35 heavy (non-hydrogen) atoms. The molecule has 3 aromatic rings. The second kappa shape index (κ2) is 12.3. The standard InChI is InChI=1S/C27H36N4O3S/c1-3-19(4-2)24(31-11-13-34-14-12-31)18-29-26(32)23(30-27(33)25-10-7-15-35-25)16-20-17-28-22-9-6-5-8-21(20)22/h5-10,15,17,19,23-24,28H,3-4,11-14,16,18H2,1-2H3,(H,29,32)(H,30,33)/t23-,24+/m0/s1. The molecule has 1 aliphatic rings. The van der Waals surface area contributed by atoms with Crippen molar-refractivity contribution >= 4 is 34.1 Å². The molecule has 2 amide bonds. The first-order chi connectivity index (χ1) is 17.1. The van der Waals surface area contributed by atoms with Crippen LogP contribution in [0.25, 0.3) is 10.9 Å². The van der Waals surface area contributed by atoms with Gasteiger partial charge in [0.2, 0.25) is 5.91 Å². The number of hydrogen-bond donors (Lipinski definition) is 3. The van der Waals surface area contributed by atoms with Crippen molar-refractivity contribution in [1.82, 2.24) is 20.5 Å². The molecular formula is C27H36N4O3S. The number of thiophene rings is 1. The van der Waals surface area contributed by atoms with E-state index in [2.05, 4.69) is 34.4 Å². The molecule has 1 aromatic carbocycles. The van der Waals surface area contributed by atoms with E-state index in [1.54, 1.807) is 6.07 Å². The summed E-state index contributed by atoms with van der Waals surface area (Å²) >= 11 is 1.37. The Morgan fingerprint density at radius 1 is 1.11 bits per heavy atom. The molecule has 0 aliphatic carbocycles. The highest BCUT2D eigenvalue weighted by molar-refractivity contribution is 7.12. The summed E-state index contributed by atoms with van der Waals surface area (Å²) in [5.74, 6) is 0.121. The van der Waals surface area contributed by atoms with Gasteiger partial charge >= 0.3 is 0 Å². The van der Waals surface area contributed by atoms with E-state index in [0.717, 1.165) is 55.6 Å². The first-order valence-electron chi connectivity index (χ1n) is 12.6. The molecule has 188 valence electrons. The first-order valence-corrected chi connectivity index (χ1v) is 13.5. The molecule has 1 saturated heterocycles. The van der Waals surface area contributed by atoms with Gasteiger partial charge in [-0.1, -0.05) is 51.0 Å². The molecule has 7 nitrogen and oxygen atoms in total. The Bertz CT molecular complexity index is 1090. The maximum Gasteiger partial charge on any atom is 0.262 e. The highest BCUT2D eigenvalue weighted by Gasteiger charge is 2.29. The fourth-order valence-electron chi connectivity index (χ4n) is 5.03. The zero-order valence-electron chi connectivity index (χ0n) is 20.6. The van der Waals surface area contributed by atoms with Crippen molar-refractivity contribution in [3.63, 3.8) is 0 Å². The summed E-state index contributed by atoms with van der Waals surface area (Å²) in [4.78, 5) is 32.7. The zero-order chi connectivity index (χ0) is 24.6. The number of carbonyl (C=O) groups excluding carboxylic acids is 2. The first kappa shape index (κ1) is 25.4. The summed E-state index contributed by atoms with van der Waals surface area (Å²) in [5.41, 5.74) is 2.03. The molecule has 2 aromatic heterocycles. The average Bonchev–Trinajstić information content (AvgIpc) is 3.57. The fourth-order valence-corrected chi connectivity index (χ4v) is 5.66. The molecule has 4 rings (SSSR count). The molecule has 8 heteroatoms. The molecule has 0 radical (unpaired) electrons. The van der Waals surface area contributed by atoms with Crippen molar-refractivity contribution < 1.29 is 14.3 Å². The van der Waals surface area contributed by atoms with Crippen LogP contribution in [-0.2, 0) is 16.0 Å². The molecule has 3 heterocycles. The third-order valence-corrected chi connectivity index (χ3v) is 7.93. The minimum atomic E-state index is -0.671. The second-order valence-corrected chi connectivity index (χ2v) is 10.1. The van der Waals surface area contributed by atoms with E-state index in [1.807, 2.05) is 41.9 Å². The van der Waals surface area contributed by atoms with E-state index in [-0.39, 0.29) is 17.9 Å². The van der Waals surface area contributed by atoms with Crippen LogP contribution in [0.15, 0.2) is 48.0 Å². The van der Waals surface area contributed by atoms with Crippen molar-refractivity contribution in [2.75, 3.05) is 32.8 Å². The Morgan fingerprint density at radius 2 is 1.89 bits per heavy atom. The highest BCUT2D eigenvalue weighted by atomic mass is 32.1. The van der Waals surface area contributed by atoms with Gasteiger partial charge in [-0.05, 0) is 29.0 Å². The molecule has 1 fully saturated rings. The van der Waals surface area contributed by atoms with Crippen LogP contribution in [0.1, 0.15) is 41.9 Å². The van der Waals surface area contributed by atoms with Crippen molar-refractivity contribution in [2.24, 2.45) is 5.92 Å². The number of para-hydroxylation sites is 1. The predicted octanol–water partition coefficient (Wildman–Crippen LogP) is 3.82. The number of H-pyrrole nitrogens is 1. The van der Waals surface area contributed by atoms with E-state index >= 15 is 0 Å². The number of carbonyl (C=O) groups is 2. The van der Waals surface area contributed by atoms with Gasteiger partial charge in [0.25, 0.3) is 5.91 Å². The monoisotopic (exact) mass is 496 g/mol. The molecule has 0 saturated carbocycles. The van der Waals surface area contributed by atoms with Crippen LogP contribution >= 0.6 is 11.3 Å². The third-order valence-electron chi connectivity index (χ3n) is 7.06. The smallest absolute Gasteiger partial charge is 0.262 e. The van der Waals surface area contributed by atoms with Gasteiger partial charge in [-0.25, -0.2) is 0 Å². The normalized spacial score (nSPS) is 16.3. The maximum absolute atomic E-state index is 13.5. The van der Waals surface area contributed by atoms with Gasteiger partial charge in [-0.2, -0.15) is 0 Å². The van der Waals surface area contributed by atoms with Crippen molar-refractivity contribution in [3.05, 3.63) is 58.4 Å². The number of nitrogens with zero attached hydrogens (tertiary/aromatic N) is 1. The van der Waals surface area contributed by atoms with E-state index in [0.29, 0.717) is 23.8 Å². The molecule has 0 unspecified atom stereocenters. The highest BCUT2D eigenvalue weighted by Crippen LogP contribution is 2.21. The number of aromatic nitrogens is 1. The van der Waals surface area contributed by atoms with Crippen LogP contribution in [0.2, 0.25) is 0 Å². The summed E-state index contributed by atoms with van der Waals surface area (Å²) in [7, 11) is 0. The van der Waals surface area contributed by atoms with Gasteiger partial charge in [0.15, 0.2) is 0 Å². The molecule has 2 atom stereocenters. The summed E-state index contributed by atoms with van der Waals surface area (Å²) in [6.45, 7) is 8.20. The minimum Gasteiger partial charge on any atom is -0.379 e. The maximum atomic E-state index is 13.5. The quantitative estimate of drug-likeness (QED) is 0.377. The molecule has 1 aliphatic heterocycles. The lowest BCUT2D eigenvalue weighted by Crippen LogP contribution is -2.55. The van der Waals surface area contributed by atoms with Gasteiger partial charge in [0.1, 0.15) is 6.04 Å². The number of rotatable bonds is 11. The zero-order valence-corrected chi connectivity index (χ0v) is 21.4.